The predicted octanol–water partition coefficient (Wildman–Crippen LogP) is 4.57. The molecule has 0 aromatic heterocycles. The first kappa shape index (κ1) is 16.5. The van der Waals surface area contributed by atoms with Gasteiger partial charge in [-0.25, -0.2) is 0 Å². The maximum Gasteiger partial charge on any atom is 0.157 e. The van der Waals surface area contributed by atoms with E-state index in [1.54, 1.807) is 24.3 Å². The van der Waals surface area contributed by atoms with E-state index in [-0.39, 0.29) is 23.0 Å². The number of aryl methyl sites for hydroxylation is 2. The molecule has 1 fully saturated rings. The Bertz CT molecular complexity index is 703. The first-order valence-corrected chi connectivity index (χ1v) is 8.41. The Morgan fingerprint density at radius 2 is 1.04 bits per heavy atom. The molecule has 4 nitrogen and oxygen atoms in total. The van der Waals surface area contributed by atoms with Crippen molar-refractivity contribution in [3.8, 4) is 23.0 Å². The van der Waals surface area contributed by atoms with E-state index in [0.29, 0.717) is 11.8 Å². The van der Waals surface area contributed by atoms with Gasteiger partial charge in [-0.15, -0.1) is 0 Å². The van der Waals surface area contributed by atoms with Crippen molar-refractivity contribution in [2.45, 2.75) is 51.4 Å². The Balaban J connectivity index is 1.90. The van der Waals surface area contributed by atoms with E-state index in [0.717, 1.165) is 47.9 Å². The van der Waals surface area contributed by atoms with Gasteiger partial charge in [-0.2, -0.15) is 0 Å². The Morgan fingerprint density at radius 1 is 0.667 bits per heavy atom. The second kappa shape index (κ2) is 6.27. The summed E-state index contributed by atoms with van der Waals surface area (Å²) < 4.78 is 0. The van der Waals surface area contributed by atoms with E-state index in [1.165, 1.54) is 0 Å². The highest BCUT2D eigenvalue weighted by molar-refractivity contribution is 5.48. The first-order chi connectivity index (χ1) is 11.4. The van der Waals surface area contributed by atoms with Crippen LogP contribution in [0.5, 0.6) is 23.0 Å². The van der Waals surface area contributed by atoms with Crippen LogP contribution in [-0.2, 0) is 0 Å². The van der Waals surface area contributed by atoms with Crippen molar-refractivity contribution in [1.82, 2.24) is 0 Å². The van der Waals surface area contributed by atoms with Crippen molar-refractivity contribution in [2.75, 3.05) is 0 Å². The highest BCUT2D eigenvalue weighted by Gasteiger charge is 2.27. The van der Waals surface area contributed by atoms with Gasteiger partial charge in [0, 0.05) is 0 Å². The first-order valence-electron chi connectivity index (χ1n) is 8.41. The summed E-state index contributed by atoms with van der Waals surface area (Å²) in [4.78, 5) is 0. The van der Waals surface area contributed by atoms with Gasteiger partial charge in [0.25, 0.3) is 0 Å². The zero-order valence-electron chi connectivity index (χ0n) is 14.1. The zero-order valence-corrected chi connectivity index (χ0v) is 14.1. The van der Waals surface area contributed by atoms with Gasteiger partial charge in [0.05, 0.1) is 0 Å². The molecular weight excluding hydrogens is 304 g/mol. The average molecular weight is 328 g/mol. The van der Waals surface area contributed by atoms with E-state index in [1.807, 2.05) is 13.8 Å². The van der Waals surface area contributed by atoms with Crippen molar-refractivity contribution < 1.29 is 20.4 Å². The molecular formula is C20H24O4. The third-order valence-corrected chi connectivity index (χ3v) is 5.28. The molecule has 1 aliphatic rings. The lowest BCUT2D eigenvalue weighted by Crippen LogP contribution is -2.14. The van der Waals surface area contributed by atoms with Crippen molar-refractivity contribution in [3.63, 3.8) is 0 Å². The fourth-order valence-electron chi connectivity index (χ4n) is 4.03. The Hall–Kier alpha value is -2.36. The lowest BCUT2D eigenvalue weighted by molar-refractivity contribution is 0.378. The van der Waals surface area contributed by atoms with Crippen molar-refractivity contribution in [3.05, 3.63) is 46.5 Å². The van der Waals surface area contributed by atoms with E-state index < -0.39 is 0 Å². The number of hydrogen-bond donors (Lipinski definition) is 4. The third-order valence-electron chi connectivity index (χ3n) is 5.28. The lowest BCUT2D eigenvalue weighted by atomic mass is 9.73. The maximum absolute atomic E-state index is 9.84. The molecule has 0 aliphatic heterocycles. The monoisotopic (exact) mass is 328 g/mol. The Morgan fingerprint density at radius 3 is 1.46 bits per heavy atom. The summed E-state index contributed by atoms with van der Waals surface area (Å²) in [5, 5.41) is 39.0. The second-order valence-electron chi connectivity index (χ2n) is 6.96. The summed E-state index contributed by atoms with van der Waals surface area (Å²) in [7, 11) is 0. The minimum Gasteiger partial charge on any atom is -0.504 e. The van der Waals surface area contributed by atoms with Crippen LogP contribution < -0.4 is 0 Å². The summed E-state index contributed by atoms with van der Waals surface area (Å²) in [6.45, 7) is 3.91. The predicted molar refractivity (Wildman–Crippen MR) is 93.0 cm³/mol. The maximum atomic E-state index is 9.84. The van der Waals surface area contributed by atoms with Crippen LogP contribution in [0.1, 0.15) is 59.8 Å². The topological polar surface area (TPSA) is 80.9 Å². The summed E-state index contributed by atoms with van der Waals surface area (Å²) in [6, 6.07) is 6.59. The van der Waals surface area contributed by atoms with Gasteiger partial charge < -0.3 is 20.4 Å². The molecule has 1 aliphatic carbocycles. The van der Waals surface area contributed by atoms with Gasteiger partial charge in [-0.05, 0) is 91.5 Å². The van der Waals surface area contributed by atoms with E-state index in [4.69, 9.17) is 0 Å². The van der Waals surface area contributed by atoms with Crippen LogP contribution in [0.15, 0.2) is 24.3 Å². The standard InChI is InChI=1S/C20H24O4/c1-11-6-17(21)19(23)9-15(11)13-4-3-5-14(8-13)16-10-20(24)18(22)7-12(16)2/h6-7,9-10,13-14,21-24H,3-5,8H2,1-2H3. The van der Waals surface area contributed by atoms with Gasteiger partial charge in [0.2, 0.25) is 0 Å². The SMILES string of the molecule is Cc1cc(O)c(O)cc1C1CCCC(c2cc(O)c(O)cc2C)C1. The molecule has 1 saturated carbocycles. The van der Waals surface area contributed by atoms with Gasteiger partial charge in [0.15, 0.2) is 23.0 Å². The molecule has 2 atom stereocenters. The fraction of sp³-hybridized carbons (Fsp3) is 0.400. The molecule has 3 rings (SSSR count). The number of aromatic hydroxyl groups is 4. The molecule has 0 saturated heterocycles. The lowest BCUT2D eigenvalue weighted by Gasteiger charge is -2.31. The van der Waals surface area contributed by atoms with Crippen LogP contribution in [0.2, 0.25) is 0 Å². The van der Waals surface area contributed by atoms with Crippen LogP contribution in [0.3, 0.4) is 0 Å². The van der Waals surface area contributed by atoms with E-state index in [9.17, 15) is 20.4 Å². The van der Waals surface area contributed by atoms with Gasteiger partial charge in [0.1, 0.15) is 0 Å². The average Bonchev–Trinajstić information content (AvgIpc) is 2.54. The molecule has 0 heterocycles. The van der Waals surface area contributed by atoms with Crippen LogP contribution in [-0.4, -0.2) is 20.4 Å². The molecule has 2 unspecified atom stereocenters. The Kier molecular flexibility index (Phi) is 4.31. The number of phenols is 4. The molecule has 4 N–H and O–H groups in total. The molecule has 2 aromatic carbocycles. The largest absolute Gasteiger partial charge is 0.504 e. The fourth-order valence-corrected chi connectivity index (χ4v) is 4.03. The van der Waals surface area contributed by atoms with Crippen molar-refractivity contribution >= 4 is 0 Å². The van der Waals surface area contributed by atoms with Crippen LogP contribution in [0, 0.1) is 13.8 Å². The summed E-state index contributed by atoms with van der Waals surface area (Å²) >= 11 is 0. The van der Waals surface area contributed by atoms with E-state index >= 15 is 0 Å². The normalized spacial score (nSPS) is 20.9. The zero-order chi connectivity index (χ0) is 17.4. The molecule has 2 aromatic rings. The second-order valence-corrected chi connectivity index (χ2v) is 6.96. The number of rotatable bonds is 2. The van der Waals surface area contributed by atoms with Gasteiger partial charge in [-0.1, -0.05) is 6.42 Å². The quantitative estimate of drug-likeness (QED) is 0.609. The van der Waals surface area contributed by atoms with E-state index in [2.05, 4.69) is 0 Å². The highest BCUT2D eigenvalue weighted by Crippen LogP contribution is 2.45. The Labute approximate surface area is 142 Å². The molecule has 128 valence electrons. The van der Waals surface area contributed by atoms with Crippen LogP contribution in [0.25, 0.3) is 0 Å². The molecule has 0 bridgehead atoms. The van der Waals surface area contributed by atoms with Crippen LogP contribution in [0.4, 0.5) is 0 Å². The van der Waals surface area contributed by atoms with Crippen LogP contribution >= 0.6 is 0 Å². The highest BCUT2D eigenvalue weighted by atomic mass is 16.3. The van der Waals surface area contributed by atoms with Crippen molar-refractivity contribution in [2.24, 2.45) is 0 Å². The third kappa shape index (κ3) is 3.01. The number of benzene rings is 2. The molecule has 0 amide bonds. The summed E-state index contributed by atoms with van der Waals surface area (Å²) in [5.41, 5.74) is 4.13. The number of phenolic OH excluding ortho intramolecular Hbond substituents is 4. The summed E-state index contributed by atoms with van der Waals surface area (Å²) in [5.74, 6) is 0.314. The minimum atomic E-state index is -0.0806. The minimum absolute atomic E-state index is 0.0730. The van der Waals surface area contributed by atoms with Crippen molar-refractivity contribution in [1.29, 1.82) is 0 Å². The smallest absolute Gasteiger partial charge is 0.157 e. The molecule has 0 spiro atoms. The summed E-state index contributed by atoms with van der Waals surface area (Å²) in [6.07, 6.45) is 4.09. The molecule has 4 heteroatoms. The number of hydrogen-bond acceptors (Lipinski definition) is 4. The molecule has 24 heavy (non-hydrogen) atoms. The molecule has 0 radical (unpaired) electrons. The van der Waals surface area contributed by atoms with Gasteiger partial charge >= 0.3 is 0 Å². The van der Waals surface area contributed by atoms with Gasteiger partial charge in [-0.3, -0.25) is 0 Å².